The average molecular weight is 454 g/mol. The number of anilines is 1. The average Bonchev–Trinajstić information content (AvgIpc) is 3.11. The predicted molar refractivity (Wildman–Crippen MR) is 118 cm³/mol. The van der Waals surface area contributed by atoms with Gasteiger partial charge in [0.05, 0.1) is 37.3 Å². The highest BCUT2D eigenvalue weighted by Crippen LogP contribution is 2.38. The molecule has 9 heteroatoms. The highest BCUT2D eigenvalue weighted by molar-refractivity contribution is 6.26. The van der Waals surface area contributed by atoms with Gasteiger partial charge in [-0.05, 0) is 35.9 Å². The van der Waals surface area contributed by atoms with Gasteiger partial charge in [0.1, 0.15) is 5.82 Å². The smallest absolute Gasteiger partial charge is 0.260 e. The Morgan fingerprint density at radius 2 is 1.91 bits per heavy atom. The molecule has 33 heavy (non-hydrogen) atoms. The van der Waals surface area contributed by atoms with Crippen LogP contribution in [0.4, 0.5) is 10.1 Å². The highest BCUT2D eigenvalue weighted by atomic mass is 19.1. The molecule has 0 aliphatic carbocycles. The number of carbonyl (C=O) groups is 3. The number of halogens is 1. The van der Waals surface area contributed by atoms with Gasteiger partial charge in [-0.2, -0.15) is 0 Å². The lowest BCUT2D eigenvalue weighted by molar-refractivity contribution is -0.137. The molecule has 2 aliphatic heterocycles. The van der Waals surface area contributed by atoms with Crippen LogP contribution in [0.3, 0.4) is 0 Å². The van der Waals surface area contributed by atoms with Crippen molar-refractivity contribution in [3.63, 3.8) is 0 Å². The van der Waals surface area contributed by atoms with Crippen molar-refractivity contribution in [2.75, 3.05) is 44.9 Å². The van der Waals surface area contributed by atoms with Crippen LogP contribution in [0, 0.1) is 5.82 Å². The SMILES string of the molecule is COc1cc(C=C2C(=O)c3cccc(F)c3N2C(C)=O)ccc1OCC(=O)N1CCOCC1. The molecule has 0 atom stereocenters. The summed E-state index contributed by atoms with van der Waals surface area (Å²) in [6.45, 7) is 3.17. The van der Waals surface area contributed by atoms with Gasteiger partial charge < -0.3 is 19.1 Å². The minimum Gasteiger partial charge on any atom is -0.493 e. The van der Waals surface area contributed by atoms with Gasteiger partial charge in [0.25, 0.3) is 5.91 Å². The number of amides is 2. The Balaban J connectivity index is 1.57. The summed E-state index contributed by atoms with van der Waals surface area (Å²) < 4.78 is 30.7. The number of hydrogen-bond donors (Lipinski definition) is 0. The zero-order valence-electron chi connectivity index (χ0n) is 18.3. The normalized spacial score (nSPS) is 16.7. The number of hydrogen-bond acceptors (Lipinski definition) is 6. The van der Waals surface area contributed by atoms with Crippen molar-refractivity contribution in [2.45, 2.75) is 6.92 Å². The number of methoxy groups -OCH3 is 1. The van der Waals surface area contributed by atoms with Gasteiger partial charge in [-0.25, -0.2) is 4.39 Å². The van der Waals surface area contributed by atoms with Crippen LogP contribution in [0.15, 0.2) is 42.1 Å². The number of rotatable bonds is 5. The molecule has 2 aromatic rings. The van der Waals surface area contributed by atoms with Crippen LogP contribution in [0.25, 0.3) is 6.08 Å². The Bertz CT molecular complexity index is 1140. The number of allylic oxidation sites excluding steroid dienone is 1. The third-order valence-corrected chi connectivity index (χ3v) is 5.45. The fraction of sp³-hybridized carbons (Fsp3) is 0.292. The van der Waals surface area contributed by atoms with Crippen LogP contribution in [-0.4, -0.2) is 62.5 Å². The maximum absolute atomic E-state index is 14.4. The minimum atomic E-state index is -0.647. The molecule has 1 fully saturated rings. The molecule has 4 rings (SSSR count). The Labute approximate surface area is 190 Å². The number of carbonyl (C=O) groups excluding carboxylic acids is 3. The molecule has 0 aromatic heterocycles. The highest BCUT2D eigenvalue weighted by Gasteiger charge is 2.37. The summed E-state index contributed by atoms with van der Waals surface area (Å²) in [4.78, 5) is 40.2. The Morgan fingerprint density at radius 1 is 1.15 bits per heavy atom. The van der Waals surface area contributed by atoms with E-state index in [2.05, 4.69) is 0 Å². The van der Waals surface area contributed by atoms with E-state index in [4.69, 9.17) is 14.2 Å². The van der Waals surface area contributed by atoms with Crippen LogP contribution >= 0.6 is 0 Å². The molecule has 2 aromatic carbocycles. The lowest BCUT2D eigenvalue weighted by atomic mass is 10.1. The first-order valence-electron chi connectivity index (χ1n) is 10.4. The van der Waals surface area contributed by atoms with Gasteiger partial charge in [0.15, 0.2) is 18.1 Å². The second-order valence-corrected chi connectivity index (χ2v) is 7.54. The van der Waals surface area contributed by atoms with E-state index < -0.39 is 17.5 Å². The Morgan fingerprint density at radius 3 is 2.61 bits per heavy atom. The lowest BCUT2D eigenvalue weighted by Crippen LogP contribution is -2.43. The van der Waals surface area contributed by atoms with E-state index in [1.807, 2.05) is 0 Å². The van der Waals surface area contributed by atoms with Crippen molar-refractivity contribution in [2.24, 2.45) is 0 Å². The summed E-state index contributed by atoms with van der Waals surface area (Å²) in [6.07, 6.45) is 1.49. The molecule has 0 bridgehead atoms. The number of benzene rings is 2. The zero-order chi connectivity index (χ0) is 23.5. The molecule has 2 amide bonds. The summed E-state index contributed by atoms with van der Waals surface area (Å²) in [5, 5.41) is 0. The van der Waals surface area contributed by atoms with Gasteiger partial charge in [0, 0.05) is 20.0 Å². The van der Waals surface area contributed by atoms with Gasteiger partial charge in [0.2, 0.25) is 11.7 Å². The Kier molecular flexibility index (Phi) is 6.41. The van der Waals surface area contributed by atoms with E-state index in [-0.39, 0.29) is 29.5 Å². The van der Waals surface area contributed by atoms with E-state index in [0.29, 0.717) is 43.4 Å². The molecular weight excluding hydrogens is 431 g/mol. The molecule has 0 spiro atoms. The van der Waals surface area contributed by atoms with Crippen LogP contribution < -0.4 is 14.4 Å². The van der Waals surface area contributed by atoms with Gasteiger partial charge >= 0.3 is 0 Å². The largest absolute Gasteiger partial charge is 0.493 e. The molecule has 2 heterocycles. The van der Waals surface area contributed by atoms with Crippen LogP contribution in [-0.2, 0) is 14.3 Å². The fourth-order valence-electron chi connectivity index (χ4n) is 3.84. The molecule has 172 valence electrons. The van der Waals surface area contributed by atoms with Crippen molar-refractivity contribution >= 4 is 29.4 Å². The maximum Gasteiger partial charge on any atom is 0.260 e. The van der Waals surface area contributed by atoms with E-state index in [0.717, 1.165) is 4.90 Å². The zero-order valence-corrected chi connectivity index (χ0v) is 18.3. The second-order valence-electron chi connectivity index (χ2n) is 7.54. The van der Waals surface area contributed by atoms with Crippen LogP contribution in [0.1, 0.15) is 22.8 Å². The maximum atomic E-state index is 14.4. The van der Waals surface area contributed by atoms with Gasteiger partial charge in [-0.1, -0.05) is 12.1 Å². The van der Waals surface area contributed by atoms with E-state index in [9.17, 15) is 18.8 Å². The molecular formula is C24H23FN2O6. The van der Waals surface area contributed by atoms with E-state index in [1.165, 1.54) is 38.3 Å². The number of Topliss-reactive ketones (excluding diaryl/α,β-unsaturated/α-hetero) is 1. The number of para-hydroxylation sites is 1. The van der Waals surface area contributed by atoms with Crippen molar-refractivity contribution in [3.8, 4) is 11.5 Å². The molecule has 1 saturated heterocycles. The summed E-state index contributed by atoms with van der Waals surface area (Å²) in [6, 6.07) is 9.02. The van der Waals surface area contributed by atoms with Crippen LogP contribution in [0.2, 0.25) is 0 Å². The summed E-state index contributed by atoms with van der Waals surface area (Å²) in [5.41, 5.74) is 0.669. The number of ketones is 1. The topological polar surface area (TPSA) is 85.4 Å². The van der Waals surface area contributed by atoms with E-state index >= 15 is 0 Å². The molecule has 0 saturated carbocycles. The van der Waals surface area contributed by atoms with Crippen molar-refractivity contribution in [1.82, 2.24) is 4.90 Å². The van der Waals surface area contributed by atoms with Gasteiger partial charge in [-0.15, -0.1) is 0 Å². The number of morpholine rings is 1. The molecule has 2 aliphatic rings. The first-order valence-corrected chi connectivity index (χ1v) is 10.4. The lowest BCUT2D eigenvalue weighted by Gasteiger charge is -2.26. The Hall–Kier alpha value is -3.72. The monoisotopic (exact) mass is 454 g/mol. The van der Waals surface area contributed by atoms with E-state index in [1.54, 1.807) is 23.1 Å². The number of fused-ring (bicyclic) bond motifs is 1. The number of nitrogens with zero attached hydrogens (tertiary/aromatic N) is 2. The van der Waals surface area contributed by atoms with Crippen molar-refractivity contribution < 1.29 is 33.0 Å². The summed E-state index contributed by atoms with van der Waals surface area (Å²) >= 11 is 0. The third-order valence-electron chi connectivity index (χ3n) is 5.45. The first-order chi connectivity index (χ1) is 15.9. The van der Waals surface area contributed by atoms with Crippen LogP contribution in [0.5, 0.6) is 11.5 Å². The second kappa shape index (κ2) is 9.41. The summed E-state index contributed by atoms with van der Waals surface area (Å²) in [5.74, 6) is -1.02. The first kappa shape index (κ1) is 22.5. The molecule has 8 nitrogen and oxygen atoms in total. The summed E-state index contributed by atoms with van der Waals surface area (Å²) in [7, 11) is 1.46. The third kappa shape index (κ3) is 4.45. The standard InChI is InChI=1S/C24H23FN2O6/c1-15(28)27-19(24(30)17-4-3-5-18(25)23(17)27)12-16-6-7-20(21(13-16)31-2)33-14-22(29)26-8-10-32-11-9-26/h3-7,12-13H,8-11,14H2,1-2H3. The molecule has 0 radical (unpaired) electrons. The van der Waals surface area contributed by atoms with Crippen molar-refractivity contribution in [3.05, 3.63) is 59.0 Å². The molecule has 0 N–H and O–H groups in total. The fourth-order valence-corrected chi connectivity index (χ4v) is 3.84. The molecule has 0 unspecified atom stereocenters. The number of ether oxygens (including phenoxy) is 3. The predicted octanol–water partition coefficient (Wildman–Crippen LogP) is 2.66. The minimum absolute atomic E-state index is 0.0424. The van der Waals surface area contributed by atoms with Gasteiger partial charge in [-0.3, -0.25) is 19.3 Å². The quantitative estimate of drug-likeness (QED) is 0.646. The van der Waals surface area contributed by atoms with Crippen molar-refractivity contribution in [1.29, 1.82) is 0 Å².